The fourth-order valence-corrected chi connectivity index (χ4v) is 1.84. The summed E-state index contributed by atoms with van der Waals surface area (Å²) < 4.78 is 0.990. The zero-order chi connectivity index (χ0) is 10.1. The van der Waals surface area contributed by atoms with Crippen LogP contribution in [0.2, 0.25) is 0 Å². The summed E-state index contributed by atoms with van der Waals surface area (Å²) in [7, 11) is 0. The van der Waals surface area contributed by atoms with Gasteiger partial charge in [0.1, 0.15) is 0 Å². The summed E-state index contributed by atoms with van der Waals surface area (Å²) in [6.07, 6.45) is 0. The quantitative estimate of drug-likeness (QED) is 0.716. The average Bonchev–Trinajstić information content (AvgIpc) is 2.16. The van der Waals surface area contributed by atoms with Crippen molar-refractivity contribution in [3.05, 3.63) is 46.4 Å². The van der Waals surface area contributed by atoms with E-state index in [9.17, 15) is 4.79 Å². The number of carbonyl (C=O) groups is 1. The average molecular weight is 270 g/mol. The van der Waals surface area contributed by atoms with Crippen molar-refractivity contribution in [2.45, 2.75) is 0 Å². The smallest absolute Gasteiger partial charge is 0.252 e. The molecule has 0 spiro atoms. The normalized spacial score (nSPS) is 10.4. The number of hydrogen-bond acceptors (Lipinski definition) is 1. The Kier molecular flexibility index (Phi) is 2.57. The molecule has 0 aromatic heterocycles. The van der Waals surface area contributed by atoms with E-state index in [1.54, 1.807) is 12.1 Å². The molecular formula is C11H6BrClO. The summed E-state index contributed by atoms with van der Waals surface area (Å²) in [5.41, 5.74) is 0.525. The van der Waals surface area contributed by atoms with Crippen molar-refractivity contribution in [2.75, 3.05) is 0 Å². The Morgan fingerprint density at radius 3 is 2.50 bits per heavy atom. The number of benzene rings is 2. The molecule has 0 bridgehead atoms. The maximum absolute atomic E-state index is 10.9. The van der Waals surface area contributed by atoms with Crippen molar-refractivity contribution >= 4 is 43.5 Å². The highest BCUT2D eigenvalue weighted by Crippen LogP contribution is 2.21. The largest absolute Gasteiger partial charge is 0.276 e. The zero-order valence-electron chi connectivity index (χ0n) is 7.13. The fraction of sp³-hybridized carbons (Fsp3) is 0. The van der Waals surface area contributed by atoms with Gasteiger partial charge in [0.15, 0.2) is 0 Å². The lowest BCUT2D eigenvalue weighted by Gasteiger charge is -2.00. The van der Waals surface area contributed by atoms with E-state index in [1.807, 2.05) is 24.3 Å². The summed E-state index contributed by atoms with van der Waals surface area (Å²) in [6.45, 7) is 0. The Morgan fingerprint density at radius 2 is 1.79 bits per heavy atom. The number of carbonyl (C=O) groups excluding carboxylic acids is 1. The third kappa shape index (κ3) is 1.81. The van der Waals surface area contributed by atoms with E-state index >= 15 is 0 Å². The molecule has 0 aliphatic carbocycles. The second-order valence-corrected chi connectivity index (χ2v) is 4.24. The lowest BCUT2D eigenvalue weighted by atomic mass is 10.1. The summed E-state index contributed by atoms with van der Waals surface area (Å²) in [4.78, 5) is 10.9. The minimum absolute atomic E-state index is 0.424. The lowest BCUT2D eigenvalue weighted by molar-refractivity contribution is 0.108. The van der Waals surface area contributed by atoms with Crippen LogP contribution in [0.4, 0.5) is 0 Å². The molecule has 70 valence electrons. The third-order valence-electron chi connectivity index (χ3n) is 2.03. The summed E-state index contributed by atoms with van der Waals surface area (Å²) in [6, 6.07) is 11.3. The highest BCUT2D eigenvalue weighted by atomic mass is 79.9. The van der Waals surface area contributed by atoms with Crippen molar-refractivity contribution < 1.29 is 4.79 Å². The van der Waals surface area contributed by atoms with Gasteiger partial charge in [-0.2, -0.15) is 0 Å². The van der Waals surface area contributed by atoms with Gasteiger partial charge < -0.3 is 0 Å². The Balaban J connectivity index is 2.69. The SMILES string of the molecule is O=C(Cl)c1ccc2ccc(Br)cc2c1. The van der Waals surface area contributed by atoms with Crippen LogP contribution >= 0.6 is 27.5 Å². The Labute approximate surface area is 94.8 Å². The summed E-state index contributed by atoms with van der Waals surface area (Å²) >= 11 is 8.77. The molecule has 0 atom stereocenters. The number of fused-ring (bicyclic) bond motifs is 1. The topological polar surface area (TPSA) is 17.1 Å². The number of halogens is 2. The molecule has 3 heteroatoms. The van der Waals surface area contributed by atoms with Crippen LogP contribution in [0.5, 0.6) is 0 Å². The molecular weight excluding hydrogens is 263 g/mol. The van der Waals surface area contributed by atoms with Crippen LogP contribution in [0.15, 0.2) is 40.9 Å². The van der Waals surface area contributed by atoms with Gasteiger partial charge in [-0.1, -0.05) is 28.1 Å². The van der Waals surface area contributed by atoms with Crippen LogP contribution in [0.1, 0.15) is 10.4 Å². The van der Waals surface area contributed by atoms with Crippen LogP contribution in [-0.2, 0) is 0 Å². The van der Waals surface area contributed by atoms with Gasteiger partial charge in [-0.15, -0.1) is 0 Å². The maximum atomic E-state index is 10.9. The highest BCUT2D eigenvalue weighted by Gasteiger charge is 2.02. The molecule has 0 aliphatic rings. The van der Waals surface area contributed by atoms with Crippen molar-refractivity contribution in [2.24, 2.45) is 0 Å². The maximum Gasteiger partial charge on any atom is 0.252 e. The van der Waals surface area contributed by atoms with E-state index in [0.717, 1.165) is 15.2 Å². The van der Waals surface area contributed by atoms with E-state index in [2.05, 4.69) is 15.9 Å². The van der Waals surface area contributed by atoms with Gasteiger partial charge in [0.2, 0.25) is 0 Å². The third-order valence-corrected chi connectivity index (χ3v) is 2.74. The molecule has 0 N–H and O–H groups in total. The van der Waals surface area contributed by atoms with Gasteiger partial charge in [0.25, 0.3) is 5.24 Å². The van der Waals surface area contributed by atoms with Crippen molar-refractivity contribution in [1.82, 2.24) is 0 Å². The molecule has 0 heterocycles. The van der Waals surface area contributed by atoms with Gasteiger partial charge >= 0.3 is 0 Å². The molecule has 0 radical (unpaired) electrons. The zero-order valence-corrected chi connectivity index (χ0v) is 9.47. The molecule has 0 fully saturated rings. The van der Waals surface area contributed by atoms with Crippen LogP contribution in [-0.4, -0.2) is 5.24 Å². The number of hydrogen-bond donors (Lipinski definition) is 0. The van der Waals surface area contributed by atoms with E-state index in [4.69, 9.17) is 11.6 Å². The first kappa shape index (κ1) is 9.69. The predicted molar refractivity (Wildman–Crippen MR) is 61.8 cm³/mol. The Morgan fingerprint density at radius 1 is 1.07 bits per heavy atom. The van der Waals surface area contributed by atoms with Gasteiger partial charge in [0, 0.05) is 10.0 Å². The van der Waals surface area contributed by atoms with Gasteiger partial charge in [-0.25, -0.2) is 0 Å². The molecule has 1 nitrogen and oxygen atoms in total. The Hall–Kier alpha value is -0.860. The molecule has 2 aromatic rings. The standard InChI is InChI=1S/C11H6BrClO/c12-10-4-3-7-1-2-8(11(13)14)5-9(7)6-10/h1-6H. The van der Waals surface area contributed by atoms with E-state index in [-0.39, 0.29) is 0 Å². The fourth-order valence-electron chi connectivity index (χ4n) is 1.34. The van der Waals surface area contributed by atoms with Gasteiger partial charge in [0.05, 0.1) is 0 Å². The minimum atomic E-state index is -0.424. The second kappa shape index (κ2) is 3.71. The number of rotatable bonds is 1. The van der Waals surface area contributed by atoms with E-state index in [0.29, 0.717) is 5.56 Å². The predicted octanol–water partition coefficient (Wildman–Crippen LogP) is 3.98. The van der Waals surface area contributed by atoms with Crippen LogP contribution < -0.4 is 0 Å². The summed E-state index contributed by atoms with van der Waals surface area (Å²) in [5, 5.41) is 1.67. The van der Waals surface area contributed by atoms with Crippen molar-refractivity contribution in [3.63, 3.8) is 0 Å². The molecule has 0 aliphatic heterocycles. The first-order valence-corrected chi connectivity index (χ1v) is 5.23. The van der Waals surface area contributed by atoms with E-state index < -0.39 is 5.24 Å². The molecule has 0 unspecified atom stereocenters. The van der Waals surface area contributed by atoms with Crippen molar-refractivity contribution in [3.8, 4) is 0 Å². The molecule has 0 saturated heterocycles. The summed E-state index contributed by atoms with van der Waals surface area (Å²) in [5.74, 6) is 0. The van der Waals surface area contributed by atoms with Crippen LogP contribution in [0.3, 0.4) is 0 Å². The van der Waals surface area contributed by atoms with Crippen LogP contribution in [0, 0.1) is 0 Å². The molecule has 14 heavy (non-hydrogen) atoms. The molecule has 0 amide bonds. The first-order chi connectivity index (χ1) is 6.66. The van der Waals surface area contributed by atoms with Crippen LogP contribution in [0.25, 0.3) is 10.8 Å². The lowest BCUT2D eigenvalue weighted by Crippen LogP contribution is -1.87. The van der Waals surface area contributed by atoms with E-state index in [1.165, 1.54) is 0 Å². The van der Waals surface area contributed by atoms with Gasteiger partial charge in [-0.05, 0) is 46.6 Å². The second-order valence-electron chi connectivity index (χ2n) is 2.98. The monoisotopic (exact) mass is 268 g/mol. The van der Waals surface area contributed by atoms with Gasteiger partial charge in [-0.3, -0.25) is 4.79 Å². The molecule has 0 saturated carbocycles. The molecule has 2 aromatic carbocycles. The first-order valence-electron chi connectivity index (χ1n) is 4.06. The Bertz CT molecular complexity index is 508. The van der Waals surface area contributed by atoms with Crippen molar-refractivity contribution in [1.29, 1.82) is 0 Å². The minimum Gasteiger partial charge on any atom is -0.276 e. The highest BCUT2D eigenvalue weighted by molar-refractivity contribution is 9.10. The molecule has 2 rings (SSSR count).